The van der Waals surface area contributed by atoms with E-state index in [4.69, 9.17) is 0 Å². The molecule has 0 bridgehead atoms. The lowest BCUT2D eigenvalue weighted by Crippen LogP contribution is -2.12. The second-order valence-electron chi connectivity index (χ2n) is 8.15. The van der Waals surface area contributed by atoms with E-state index < -0.39 is 0 Å². The van der Waals surface area contributed by atoms with E-state index in [9.17, 15) is 0 Å². The van der Waals surface area contributed by atoms with Crippen molar-refractivity contribution in [3.8, 4) is 0 Å². The molecule has 1 nitrogen and oxygen atoms in total. The summed E-state index contributed by atoms with van der Waals surface area (Å²) in [5.74, 6) is 0.611. The van der Waals surface area contributed by atoms with Gasteiger partial charge >= 0.3 is 0 Å². The van der Waals surface area contributed by atoms with Gasteiger partial charge in [0.2, 0.25) is 0 Å². The average molecular weight is 261 g/mol. The Labute approximate surface area is 119 Å². The summed E-state index contributed by atoms with van der Waals surface area (Å²) in [7, 11) is 0. The molecule has 0 spiro atoms. The van der Waals surface area contributed by atoms with Gasteiger partial charge in [0.05, 0.1) is 0 Å². The van der Waals surface area contributed by atoms with Crippen LogP contribution < -0.4 is 0 Å². The van der Waals surface area contributed by atoms with Gasteiger partial charge in [-0.3, -0.25) is 4.98 Å². The molecule has 0 unspecified atom stereocenters. The molecule has 1 heteroatoms. The lowest BCUT2D eigenvalue weighted by atomic mass is 9.80. The van der Waals surface area contributed by atoms with Gasteiger partial charge in [-0.15, -0.1) is 0 Å². The highest BCUT2D eigenvalue weighted by molar-refractivity contribution is 5.09. The molecule has 19 heavy (non-hydrogen) atoms. The maximum Gasteiger partial charge on any atom is 0.0434 e. The fourth-order valence-electron chi connectivity index (χ4n) is 2.27. The summed E-state index contributed by atoms with van der Waals surface area (Å²) in [6, 6.07) is 6.31. The summed E-state index contributed by atoms with van der Waals surface area (Å²) < 4.78 is 0. The van der Waals surface area contributed by atoms with E-state index in [-0.39, 0.29) is 0 Å². The van der Waals surface area contributed by atoms with Crippen LogP contribution in [0.15, 0.2) is 24.4 Å². The molecule has 0 atom stereocenters. The molecule has 0 saturated carbocycles. The number of aromatic nitrogens is 1. The Morgan fingerprint density at radius 1 is 0.895 bits per heavy atom. The first-order chi connectivity index (χ1) is 8.67. The molecule has 0 aliphatic heterocycles. The van der Waals surface area contributed by atoms with Crippen molar-refractivity contribution in [2.45, 2.75) is 73.1 Å². The Balaban J connectivity index is 2.68. The molecular formula is C18H31N. The zero-order chi connectivity index (χ0) is 14.5. The Bertz CT molecular complexity index is 336. The van der Waals surface area contributed by atoms with Gasteiger partial charge < -0.3 is 0 Å². The fourth-order valence-corrected chi connectivity index (χ4v) is 2.27. The van der Waals surface area contributed by atoms with E-state index in [1.54, 1.807) is 0 Å². The molecule has 0 saturated heterocycles. The van der Waals surface area contributed by atoms with E-state index in [0.717, 1.165) is 0 Å². The monoisotopic (exact) mass is 261 g/mol. The van der Waals surface area contributed by atoms with Crippen LogP contribution in [0.5, 0.6) is 0 Å². The van der Waals surface area contributed by atoms with Crippen LogP contribution in [0.2, 0.25) is 0 Å². The summed E-state index contributed by atoms with van der Waals surface area (Å²) in [5, 5.41) is 0. The molecule has 1 heterocycles. The average Bonchev–Trinajstić information content (AvgIpc) is 2.27. The summed E-state index contributed by atoms with van der Waals surface area (Å²) in [6.07, 6.45) is 6.94. The first-order valence-electron chi connectivity index (χ1n) is 7.58. The SMILES string of the molecule is CC(C)(C)CCC(CCC(C)(C)C)c1ccccn1. The minimum absolute atomic E-state index is 0.411. The topological polar surface area (TPSA) is 12.9 Å². The van der Waals surface area contributed by atoms with Gasteiger partial charge in [0, 0.05) is 17.8 Å². The van der Waals surface area contributed by atoms with E-state index in [1.807, 2.05) is 12.3 Å². The lowest BCUT2D eigenvalue weighted by molar-refractivity contribution is 0.308. The molecule has 0 aliphatic carbocycles. The lowest BCUT2D eigenvalue weighted by Gasteiger charge is -2.26. The maximum absolute atomic E-state index is 4.58. The van der Waals surface area contributed by atoms with Gasteiger partial charge in [0.25, 0.3) is 0 Å². The van der Waals surface area contributed by atoms with Crippen molar-refractivity contribution in [2.24, 2.45) is 10.8 Å². The van der Waals surface area contributed by atoms with Gasteiger partial charge in [-0.05, 0) is 48.6 Å². The Hall–Kier alpha value is -0.850. The molecule has 1 aromatic rings. The van der Waals surface area contributed by atoms with E-state index in [1.165, 1.54) is 31.4 Å². The molecule has 108 valence electrons. The molecule has 0 fully saturated rings. The maximum atomic E-state index is 4.58. The van der Waals surface area contributed by atoms with Crippen LogP contribution in [0, 0.1) is 10.8 Å². The largest absolute Gasteiger partial charge is 0.261 e. The summed E-state index contributed by atoms with van der Waals surface area (Å²) in [6.45, 7) is 14.0. The second-order valence-corrected chi connectivity index (χ2v) is 8.15. The highest BCUT2D eigenvalue weighted by Gasteiger charge is 2.20. The molecule has 0 aliphatic rings. The molecule has 0 aromatic carbocycles. The van der Waals surface area contributed by atoms with Crippen molar-refractivity contribution in [3.05, 3.63) is 30.1 Å². The van der Waals surface area contributed by atoms with E-state index >= 15 is 0 Å². The van der Waals surface area contributed by atoms with Crippen molar-refractivity contribution in [2.75, 3.05) is 0 Å². The molecule has 0 amide bonds. The van der Waals surface area contributed by atoms with Gasteiger partial charge in [-0.1, -0.05) is 47.6 Å². The minimum Gasteiger partial charge on any atom is -0.261 e. The zero-order valence-corrected chi connectivity index (χ0v) is 13.7. The Kier molecular flexibility index (Phi) is 5.58. The third-order valence-electron chi connectivity index (χ3n) is 3.59. The van der Waals surface area contributed by atoms with Gasteiger partial charge in [0.15, 0.2) is 0 Å². The van der Waals surface area contributed by atoms with Crippen molar-refractivity contribution in [3.63, 3.8) is 0 Å². The van der Waals surface area contributed by atoms with Crippen LogP contribution in [0.1, 0.15) is 78.8 Å². The normalized spacial score (nSPS) is 13.0. The number of rotatable bonds is 5. The van der Waals surface area contributed by atoms with Crippen LogP contribution in [0.3, 0.4) is 0 Å². The van der Waals surface area contributed by atoms with E-state index in [0.29, 0.717) is 16.7 Å². The molecule has 1 rings (SSSR count). The van der Waals surface area contributed by atoms with Gasteiger partial charge in [-0.25, -0.2) is 0 Å². The number of hydrogen-bond acceptors (Lipinski definition) is 1. The third kappa shape index (κ3) is 7.34. The molecule has 1 aromatic heterocycles. The molecular weight excluding hydrogens is 230 g/mol. The quantitative estimate of drug-likeness (QED) is 0.651. The van der Waals surface area contributed by atoms with Crippen LogP contribution in [0.4, 0.5) is 0 Å². The van der Waals surface area contributed by atoms with Crippen molar-refractivity contribution < 1.29 is 0 Å². The molecule has 0 N–H and O–H groups in total. The zero-order valence-electron chi connectivity index (χ0n) is 13.7. The van der Waals surface area contributed by atoms with Gasteiger partial charge in [-0.2, -0.15) is 0 Å². The first-order valence-corrected chi connectivity index (χ1v) is 7.58. The standard InChI is InChI=1S/C18H31N/c1-17(2,3)12-10-15(11-13-18(4,5)6)16-9-7-8-14-19-16/h7-9,14-15H,10-13H2,1-6H3. The predicted octanol–water partition coefficient (Wildman–Crippen LogP) is 5.82. The summed E-state index contributed by atoms with van der Waals surface area (Å²) >= 11 is 0. The van der Waals surface area contributed by atoms with Crippen molar-refractivity contribution in [1.82, 2.24) is 4.98 Å². The number of pyridine rings is 1. The molecule has 0 radical (unpaired) electrons. The van der Waals surface area contributed by atoms with Crippen LogP contribution in [-0.4, -0.2) is 4.98 Å². The van der Waals surface area contributed by atoms with E-state index in [2.05, 4.69) is 58.7 Å². The number of hydrogen-bond donors (Lipinski definition) is 0. The first kappa shape index (κ1) is 16.2. The number of nitrogens with zero attached hydrogens (tertiary/aromatic N) is 1. The fraction of sp³-hybridized carbons (Fsp3) is 0.722. The highest BCUT2D eigenvalue weighted by atomic mass is 14.7. The van der Waals surface area contributed by atoms with Crippen LogP contribution in [-0.2, 0) is 0 Å². The predicted molar refractivity (Wildman–Crippen MR) is 84.4 cm³/mol. The Morgan fingerprint density at radius 2 is 1.42 bits per heavy atom. The van der Waals surface area contributed by atoms with Gasteiger partial charge in [0.1, 0.15) is 0 Å². The minimum atomic E-state index is 0.411. The summed E-state index contributed by atoms with van der Waals surface area (Å²) in [5.41, 5.74) is 2.10. The van der Waals surface area contributed by atoms with Crippen LogP contribution in [0.25, 0.3) is 0 Å². The highest BCUT2D eigenvalue weighted by Crippen LogP contribution is 2.34. The summed E-state index contributed by atoms with van der Waals surface area (Å²) in [4.78, 5) is 4.58. The van der Waals surface area contributed by atoms with Crippen molar-refractivity contribution in [1.29, 1.82) is 0 Å². The van der Waals surface area contributed by atoms with Crippen molar-refractivity contribution >= 4 is 0 Å². The van der Waals surface area contributed by atoms with Crippen LogP contribution >= 0.6 is 0 Å². The third-order valence-corrected chi connectivity index (χ3v) is 3.59. The smallest absolute Gasteiger partial charge is 0.0434 e. The Morgan fingerprint density at radius 3 is 1.79 bits per heavy atom. The second kappa shape index (κ2) is 6.54.